The Morgan fingerprint density at radius 1 is 1.12 bits per heavy atom. The van der Waals surface area contributed by atoms with Crippen molar-refractivity contribution < 1.29 is 13.9 Å². The SMILES string of the molecule is COc1ccc(-n2cccc2/C=N\NC(=O)c2ccccc2F)cc1. The fraction of sp³-hybridized carbons (Fsp3) is 0.0526. The Morgan fingerprint density at radius 2 is 1.88 bits per heavy atom. The van der Waals surface area contributed by atoms with E-state index in [1.807, 2.05) is 47.2 Å². The number of hydrazone groups is 1. The summed E-state index contributed by atoms with van der Waals surface area (Å²) in [6.45, 7) is 0. The van der Waals surface area contributed by atoms with E-state index < -0.39 is 11.7 Å². The highest BCUT2D eigenvalue weighted by Crippen LogP contribution is 2.16. The summed E-state index contributed by atoms with van der Waals surface area (Å²) in [5, 5.41) is 3.91. The van der Waals surface area contributed by atoms with Gasteiger partial charge in [-0.05, 0) is 48.5 Å². The second-order valence-electron chi connectivity index (χ2n) is 5.18. The molecule has 0 fully saturated rings. The number of nitrogens with zero attached hydrogens (tertiary/aromatic N) is 2. The van der Waals surface area contributed by atoms with Crippen molar-refractivity contribution in [3.8, 4) is 11.4 Å². The summed E-state index contributed by atoms with van der Waals surface area (Å²) in [7, 11) is 1.61. The number of rotatable bonds is 5. The van der Waals surface area contributed by atoms with E-state index in [0.29, 0.717) is 0 Å². The number of halogens is 1. The maximum Gasteiger partial charge on any atom is 0.274 e. The molecule has 5 nitrogen and oxygen atoms in total. The first kappa shape index (κ1) is 16.4. The van der Waals surface area contributed by atoms with Crippen LogP contribution in [-0.4, -0.2) is 23.8 Å². The van der Waals surface area contributed by atoms with Crippen molar-refractivity contribution in [3.63, 3.8) is 0 Å². The molecule has 0 atom stereocenters. The van der Waals surface area contributed by atoms with Gasteiger partial charge in [-0.3, -0.25) is 4.79 Å². The highest BCUT2D eigenvalue weighted by atomic mass is 19.1. The van der Waals surface area contributed by atoms with Crippen LogP contribution in [0.3, 0.4) is 0 Å². The van der Waals surface area contributed by atoms with Crippen molar-refractivity contribution in [2.45, 2.75) is 0 Å². The van der Waals surface area contributed by atoms with Gasteiger partial charge in [0.25, 0.3) is 5.91 Å². The predicted molar refractivity (Wildman–Crippen MR) is 93.8 cm³/mol. The van der Waals surface area contributed by atoms with E-state index in [0.717, 1.165) is 17.1 Å². The summed E-state index contributed by atoms with van der Waals surface area (Å²) in [5.41, 5.74) is 3.97. The first-order valence-corrected chi connectivity index (χ1v) is 7.59. The lowest BCUT2D eigenvalue weighted by Crippen LogP contribution is -2.19. The topological polar surface area (TPSA) is 55.6 Å². The number of aromatic nitrogens is 1. The third-order valence-corrected chi connectivity index (χ3v) is 3.61. The van der Waals surface area contributed by atoms with Crippen LogP contribution in [0.25, 0.3) is 5.69 Å². The van der Waals surface area contributed by atoms with Gasteiger partial charge in [-0.25, -0.2) is 9.82 Å². The van der Waals surface area contributed by atoms with Gasteiger partial charge in [0.15, 0.2) is 0 Å². The molecule has 1 N–H and O–H groups in total. The molecule has 1 aromatic heterocycles. The summed E-state index contributed by atoms with van der Waals surface area (Å²) in [6.07, 6.45) is 3.38. The number of hydrogen-bond acceptors (Lipinski definition) is 3. The Morgan fingerprint density at radius 3 is 2.60 bits per heavy atom. The molecular formula is C19H16FN3O2. The second kappa shape index (κ2) is 7.44. The molecule has 25 heavy (non-hydrogen) atoms. The van der Waals surface area contributed by atoms with Crippen LogP contribution < -0.4 is 10.2 Å². The summed E-state index contributed by atoms with van der Waals surface area (Å²) < 4.78 is 20.6. The molecule has 0 unspecified atom stereocenters. The third kappa shape index (κ3) is 3.74. The Bertz CT molecular complexity index is 901. The fourth-order valence-electron chi connectivity index (χ4n) is 2.34. The van der Waals surface area contributed by atoms with Gasteiger partial charge in [0.2, 0.25) is 0 Å². The van der Waals surface area contributed by atoms with Crippen molar-refractivity contribution in [1.29, 1.82) is 0 Å². The first-order chi connectivity index (χ1) is 12.2. The van der Waals surface area contributed by atoms with Gasteiger partial charge in [-0.15, -0.1) is 0 Å². The molecular weight excluding hydrogens is 321 g/mol. The van der Waals surface area contributed by atoms with Crippen molar-refractivity contribution in [1.82, 2.24) is 9.99 Å². The average molecular weight is 337 g/mol. The van der Waals surface area contributed by atoms with Crippen LogP contribution in [0.2, 0.25) is 0 Å². The highest BCUT2D eigenvalue weighted by molar-refractivity contribution is 5.95. The monoisotopic (exact) mass is 337 g/mol. The van der Waals surface area contributed by atoms with E-state index in [-0.39, 0.29) is 5.56 Å². The largest absolute Gasteiger partial charge is 0.497 e. The molecule has 126 valence electrons. The molecule has 0 aliphatic rings. The Kier molecular flexibility index (Phi) is 4.89. The number of methoxy groups -OCH3 is 1. The van der Waals surface area contributed by atoms with Crippen LogP contribution in [-0.2, 0) is 0 Å². The van der Waals surface area contributed by atoms with Gasteiger partial charge in [0.05, 0.1) is 24.6 Å². The van der Waals surface area contributed by atoms with E-state index in [9.17, 15) is 9.18 Å². The summed E-state index contributed by atoms with van der Waals surface area (Å²) >= 11 is 0. The fourth-order valence-corrected chi connectivity index (χ4v) is 2.34. The quantitative estimate of drug-likeness (QED) is 0.573. The lowest BCUT2D eigenvalue weighted by atomic mass is 10.2. The molecule has 0 saturated carbocycles. The van der Waals surface area contributed by atoms with Gasteiger partial charge >= 0.3 is 0 Å². The van der Waals surface area contributed by atoms with E-state index in [2.05, 4.69) is 10.5 Å². The van der Waals surface area contributed by atoms with Gasteiger partial charge in [-0.1, -0.05) is 12.1 Å². The predicted octanol–water partition coefficient (Wildman–Crippen LogP) is 3.39. The van der Waals surface area contributed by atoms with Gasteiger partial charge in [0, 0.05) is 11.9 Å². The van der Waals surface area contributed by atoms with E-state index in [1.165, 1.54) is 24.4 Å². The van der Waals surface area contributed by atoms with Crippen molar-refractivity contribution in [3.05, 3.63) is 83.9 Å². The molecule has 3 rings (SSSR count). The van der Waals surface area contributed by atoms with Gasteiger partial charge in [0.1, 0.15) is 11.6 Å². The molecule has 0 aliphatic heterocycles. The maximum absolute atomic E-state index is 13.6. The second-order valence-corrected chi connectivity index (χ2v) is 5.18. The number of carbonyl (C=O) groups is 1. The number of amides is 1. The minimum absolute atomic E-state index is 0.0508. The number of benzene rings is 2. The zero-order valence-corrected chi connectivity index (χ0v) is 13.5. The molecule has 6 heteroatoms. The minimum Gasteiger partial charge on any atom is -0.497 e. The first-order valence-electron chi connectivity index (χ1n) is 7.59. The third-order valence-electron chi connectivity index (χ3n) is 3.61. The summed E-state index contributed by atoms with van der Waals surface area (Å²) in [5.74, 6) is -0.419. The van der Waals surface area contributed by atoms with E-state index >= 15 is 0 Å². The molecule has 0 spiro atoms. The standard InChI is InChI=1S/C19H16FN3O2/c1-25-16-10-8-14(9-11-16)23-12-4-5-15(23)13-21-22-19(24)17-6-2-3-7-18(17)20/h2-13H,1H3,(H,22,24)/b21-13-. The summed E-state index contributed by atoms with van der Waals surface area (Å²) in [6, 6.07) is 17.0. The minimum atomic E-state index is -0.600. The Hall–Kier alpha value is -3.41. The van der Waals surface area contributed by atoms with Crippen LogP contribution >= 0.6 is 0 Å². The normalized spacial score (nSPS) is 10.8. The zero-order chi connectivity index (χ0) is 17.6. The number of hydrogen-bond donors (Lipinski definition) is 1. The van der Waals surface area contributed by atoms with E-state index in [4.69, 9.17) is 4.74 Å². The molecule has 1 heterocycles. The number of ether oxygens (including phenoxy) is 1. The lowest BCUT2D eigenvalue weighted by Gasteiger charge is -2.07. The molecule has 0 aliphatic carbocycles. The van der Waals surface area contributed by atoms with Gasteiger partial charge < -0.3 is 9.30 Å². The van der Waals surface area contributed by atoms with Crippen molar-refractivity contribution in [2.75, 3.05) is 7.11 Å². The lowest BCUT2D eigenvalue weighted by molar-refractivity contribution is 0.0951. The highest BCUT2D eigenvalue weighted by Gasteiger charge is 2.09. The number of nitrogens with one attached hydrogen (secondary N) is 1. The van der Waals surface area contributed by atoms with Crippen LogP contribution in [0.1, 0.15) is 16.1 Å². The van der Waals surface area contributed by atoms with Crippen molar-refractivity contribution in [2.24, 2.45) is 5.10 Å². The average Bonchev–Trinajstić information content (AvgIpc) is 3.10. The van der Waals surface area contributed by atoms with Crippen LogP contribution in [0.5, 0.6) is 5.75 Å². The molecule has 3 aromatic rings. The van der Waals surface area contributed by atoms with Crippen LogP contribution in [0, 0.1) is 5.82 Å². The van der Waals surface area contributed by atoms with Gasteiger partial charge in [-0.2, -0.15) is 5.10 Å². The number of carbonyl (C=O) groups excluding carboxylic acids is 1. The molecule has 2 aromatic carbocycles. The molecule has 0 bridgehead atoms. The van der Waals surface area contributed by atoms with Crippen molar-refractivity contribution >= 4 is 12.1 Å². The molecule has 0 saturated heterocycles. The summed E-state index contributed by atoms with van der Waals surface area (Å²) in [4.78, 5) is 11.9. The van der Waals surface area contributed by atoms with Crippen LogP contribution in [0.15, 0.2) is 72.0 Å². The van der Waals surface area contributed by atoms with E-state index in [1.54, 1.807) is 13.2 Å². The maximum atomic E-state index is 13.6. The smallest absolute Gasteiger partial charge is 0.274 e. The Balaban J connectivity index is 1.73. The molecule has 1 amide bonds. The Labute approximate surface area is 144 Å². The van der Waals surface area contributed by atoms with Crippen LogP contribution in [0.4, 0.5) is 4.39 Å². The zero-order valence-electron chi connectivity index (χ0n) is 13.5. The molecule has 0 radical (unpaired) electrons.